The summed E-state index contributed by atoms with van der Waals surface area (Å²) in [6.45, 7) is 2.19. The van der Waals surface area contributed by atoms with Crippen LogP contribution in [0.4, 0.5) is 0 Å². The van der Waals surface area contributed by atoms with Gasteiger partial charge in [0.25, 0.3) is 0 Å². The van der Waals surface area contributed by atoms with Crippen molar-refractivity contribution in [3.8, 4) is 5.75 Å². The molecule has 0 bridgehead atoms. The zero-order valence-electron chi connectivity index (χ0n) is 16.8. The van der Waals surface area contributed by atoms with Gasteiger partial charge in [0, 0.05) is 18.3 Å². The number of dihydropyridines is 1. The van der Waals surface area contributed by atoms with Gasteiger partial charge in [-0.3, -0.25) is 10.3 Å². The Morgan fingerprint density at radius 2 is 1.83 bits per heavy atom. The summed E-state index contributed by atoms with van der Waals surface area (Å²) in [5.41, 5.74) is 5.11. The molecule has 1 aliphatic carbocycles. The van der Waals surface area contributed by atoms with Crippen molar-refractivity contribution in [1.29, 1.82) is 0 Å². The van der Waals surface area contributed by atoms with E-state index < -0.39 is 0 Å². The molecule has 2 heterocycles. The molecule has 2 aromatic rings. The van der Waals surface area contributed by atoms with E-state index in [1.54, 1.807) is 0 Å². The molecule has 2 atom stereocenters. The lowest BCUT2D eigenvalue weighted by molar-refractivity contribution is 0.397. The summed E-state index contributed by atoms with van der Waals surface area (Å²) in [4.78, 5) is 4.81. The second-order valence-corrected chi connectivity index (χ2v) is 8.15. The van der Waals surface area contributed by atoms with Gasteiger partial charge in [-0.1, -0.05) is 48.5 Å². The van der Waals surface area contributed by atoms with Crippen molar-refractivity contribution in [1.82, 2.24) is 5.32 Å². The standard InChI is InChI=1S/C26H26N2O/c1-19-18-27-25-17-23(29-22-10-6-3-7-11-22)14-15-26(25)24(19)16-21(28-26)13-12-20-8-4-2-5-9-20/h2-11,14,17-18,21,28H,12-13,15-16H2,1H3. The van der Waals surface area contributed by atoms with Gasteiger partial charge in [0.2, 0.25) is 0 Å². The van der Waals surface area contributed by atoms with Crippen molar-refractivity contribution < 1.29 is 4.74 Å². The summed E-state index contributed by atoms with van der Waals surface area (Å²) in [5.74, 6) is 1.74. The van der Waals surface area contributed by atoms with Crippen LogP contribution in [-0.4, -0.2) is 17.8 Å². The highest BCUT2D eigenvalue weighted by molar-refractivity contribution is 5.84. The molecule has 1 fully saturated rings. The molecule has 1 saturated heterocycles. The minimum atomic E-state index is -0.163. The molecule has 146 valence electrons. The Bertz CT molecular complexity index is 1020. The highest BCUT2D eigenvalue weighted by Crippen LogP contribution is 2.46. The predicted octanol–water partition coefficient (Wildman–Crippen LogP) is 5.37. The lowest BCUT2D eigenvalue weighted by Crippen LogP contribution is -2.47. The van der Waals surface area contributed by atoms with Gasteiger partial charge in [-0.05, 0) is 67.5 Å². The monoisotopic (exact) mass is 382 g/mol. The van der Waals surface area contributed by atoms with Gasteiger partial charge in [-0.15, -0.1) is 0 Å². The molecule has 3 nitrogen and oxygen atoms in total. The first kappa shape index (κ1) is 18.1. The Hall–Kier alpha value is -2.91. The average Bonchev–Trinajstić information content (AvgIpc) is 3.14. The van der Waals surface area contributed by atoms with Crippen molar-refractivity contribution in [3.05, 3.63) is 101 Å². The van der Waals surface area contributed by atoms with Crippen molar-refractivity contribution in [2.75, 3.05) is 0 Å². The van der Waals surface area contributed by atoms with Crippen molar-refractivity contribution in [3.63, 3.8) is 0 Å². The molecule has 2 aliphatic heterocycles. The summed E-state index contributed by atoms with van der Waals surface area (Å²) < 4.78 is 6.08. The normalized spacial score (nSPS) is 25.2. The molecule has 5 rings (SSSR count). The molecular formula is C26H26N2O. The first-order chi connectivity index (χ1) is 14.2. The number of rotatable bonds is 5. The van der Waals surface area contributed by atoms with Crippen LogP contribution in [0.1, 0.15) is 31.7 Å². The first-order valence-electron chi connectivity index (χ1n) is 10.4. The van der Waals surface area contributed by atoms with Crippen molar-refractivity contribution in [2.45, 2.75) is 44.2 Å². The van der Waals surface area contributed by atoms with Gasteiger partial charge in [0.15, 0.2) is 0 Å². The van der Waals surface area contributed by atoms with Crippen LogP contribution in [0.25, 0.3) is 0 Å². The molecule has 2 unspecified atom stereocenters. The zero-order chi connectivity index (χ0) is 19.7. The minimum Gasteiger partial charge on any atom is -0.458 e. The fourth-order valence-electron chi connectivity index (χ4n) is 4.74. The third kappa shape index (κ3) is 3.47. The highest BCUT2D eigenvalue weighted by Gasteiger charge is 2.48. The maximum absolute atomic E-state index is 6.08. The summed E-state index contributed by atoms with van der Waals surface area (Å²) >= 11 is 0. The summed E-state index contributed by atoms with van der Waals surface area (Å²) in [5, 5.41) is 3.95. The Morgan fingerprint density at radius 1 is 1.07 bits per heavy atom. The number of nitrogens with zero attached hydrogens (tertiary/aromatic N) is 1. The van der Waals surface area contributed by atoms with Crippen LogP contribution in [-0.2, 0) is 6.42 Å². The highest BCUT2D eigenvalue weighted by atomic mass is 16.5. The number of nitrogens with one attached hydrogen (secondary N) is 1. The van der Waals surface area contributed by atoms with E-state index >= 15 is 0 Å². The van der Waals surface area contributed by atoms with Gasteiger partial charge in [0.1, 0.15) is 11.5 Å². The van der Waals surface area contributed by atoms with Crippen molar-refractivity contribution >= 4 is 6.21 Å². The van der Waals surface area contributed by atoms with Gasteiger partial charge in [-0.25, -0.2) is 0 Å². The van der Waals surface area contributed by atoms with Crippen LogP contribution in [0.5, 0.6) is 5.75 Å². The number of aryl methyl sites for hydroxylation is 1. The van der Waals surface area contributed by atoms with E-state index in [0.717, 1.165) is 42.9 Å². The maximum Gasteiger partial charge on any atom is 0.127 e. The quantitative estimate of drug-likeness (QED) is 0.754. The fourth-order valence-corrected chi connectivity index (χ4v) is 4.74. The van der Waals surface area contributed by atoms with E-state index in [1.165, 1.54) is 16.7 Å². The van der Waals surface area contributed by atoms with Crippen LogP contribution in [0, 0.1) is 0 Å². The van der Waals surface area contributed by atoms with E-state index in [4.69, 9.17) is 9.73 Å². The van der Waals surface area contributed by atoms with Crippen LogP contribution < -0.4 is 10.1 Å². The summed E-state index contributed by atoms with van der Waals surface area (Å²) in [7, 11) is 0. The van der Waals surface area contributed by atoms with Gasteiger partial charge < -0.3 is 4.74 Å². The number of aliphatic imine (C=N–C) groups is 1. The second-order valence-electron chi connectivity index (χ2n) is 8.15. The maximum atomic E-state index is 6.08. The molecule has 0 amide bonds. The Morgan fingerprint density at radius 3 is 2.62 bits per heavy atom. The molecule has 3 aliphatic rings. The molecule has 29 heavy (non-hydrogen) atoms. The average molecular weight is 383 g/mol. The first-order valence-corrected chi connectivity index (χ1v) is 10.4. The summed E-state index contributed by atoms with van der Waals surface area (Å²) in [6.07, 6.45) is 10.5. The minimum absolute atomic E-state index is 0.163. The molecule has 2 aromatic carbocycles. The van der Waals surface area contributed by atoms with Gasteiger partial charge >= 0.3 is 0 Å². The lowest BCUT2D eigenvalue weighted by Gasteiger charge is -2.37. The lowest BCUT2D eigenvalue weighted by atomic mass is 9.78. The molecule has 0 aromatic heterocycles. The molecule has 1 N–H and O–H groups in total. The van der Waals surface area contributed by atoms with E-state index in [9.17, 15) is 0 Å². The molecule has 0 radical (unpaired) electrons. The summed E-state index contributed by atoms with van der Waals surface area (Å²) in [6, 6.07) is 21.2. The van der Waals surface area contributed by atoms with E-state index in [1.807, 2.05) is 36.5 Å². The Kier molecular flexibility index (Phi) is 4.69. The molecular weight excluding hydrogens is 356 g/mol. The van der Waals surface area contributed by atoms with Gasteiger partial charge in [-0.2, -0.15) is 0 Å². The number of ether oxygens (including phenoxy) is 1. The number of benzene rings is 2. The van der Waals surface area contributed by atoms with Crippen LogP contribution in [0.2, 0.25) is 0 Å². The fraction of sp³-hybridized carbons (Fsp3) is 0.269. The van der Waals surface area contributed by atoms with E-state index in [2.05, 4.69) is 54.7 Å². The number of hydrogen-bond acceptors (Lipinski definition) is 3. The predicted molar refractivity (Wildman–Crippen MR) is 118 cm³/mol. The van der Waals surface area contributed by atoms with E-state index in [0.29, 0.717) is 6.04 Å². The third-order valence-electron chi connectivity index (χ3n) is 6.22. The molecule has 0 saturated carbocycles. The topological polar surface area (TPSA) is 33.6 Å². The Balaban J connectivity index is 1.35. The smallest absolute Gasteiger partial charge is 0.127 e. The number of hydrogen-bond donors (Lipinski definition) is 1. The number of para-hydroxylation sites is 1. The zero-order valence-corrected chi connectivity index (χ0v) is 16.8. The largest absolute Gasteiger partial charge is 0.458 e. The second kappa shape index (κ2) is 7.49. The van der Waals surface area contributed by atoms with Crippen LogP contribution in [0.15, 0.2) is 100 Å². The third-order valence-corrected chi connectivity index (χ3v) is 6.22. The van der Waals surface area contributed by atoms with Crippen LogP contribution in [0.3, 0.4) is 0 Å². The van der Waals surface area contributed by atoms with E-state index in [-0.39, 0.29) is 5.54 Å². The van der Waals surface area contributed by atoms with Crippen molar-refractivity contribution in [2.24, 2.45) is 4.99 Å². The SMILES string of the molecule is CC1=C2CC(CCc3ccccc3)NC23CC=C(Oc2ccccc2)C=C3N=C1. The molecule has 1 spiro atoms. The van der Waals surface area contributed by atoms with Crippen LogP contribution >= 0.6 is 0 Å². The molecule has 3 heteroatoms. The number of allylic oxidation sites excluding steroid dienone is 2. The van der Waals surface area contributed by atoms with Gasteiger partial charge in [0.05, 0.1) is 11.2 Å². The Labute approximate surface area is 172 Å².